The van der Waals surface area contributed by atoms with Gasteiger partial charge >= 0.3 is 5.97 Å². The molecule has 0 heterocycles. The quantitative estimate of drug-likeness (QED) is 0.638. The van der Waals surface area contributed by atoms with Gasteiger partial charge in [0.25, 0.3) is 0 Å². The van der Waals surface area contributed by atoms with E-state index >= 15 is 0 Å². The predicted octanol–water partition coefficient (Wildman–Crippen LogP) is 1.71. The largest absolute Gasteiger partial charge is 0.490 e. The first-order valence-corrected chi connectivity index (χ1v) is 8.09. The minimum Gasteiger partial charge on any atom is -0.490 e. The summed E-state index contributed by atoms with van der Waals surface area (Å²) in [7, 11) is -3.74. The first kappa shape index (κ1) is 16.9. The van der Waals surface area contributed by atoms with Gasteiger partial charge in [-0.3, -0.25) is 0 Å². The van der Waals surface area contributed by atoms with Gasteiger partial charge in [0.05, 0.1) is 10.5 Å². The van der Waals surface area contributed by atoms with Crippen molar-refractivity contribution in [2.75, 3.05) is 13.2 Å². The van der Waals surface area contributed by atoms with Gasteiger partial charge in [-0.2, -0.15) is 0 Å². The number of ether oxygens (including phenoxy) is 2. The molecule has 0 bridgehead atoms. The molecule has 2 aromatic rings. The highest BCUT2D eigenvalue weighted by Gasteiger charge is 2.08. The number of benzene rings is 2. The average molecular weight is 339 g/mol. The molecule has 0 atom stereocenters. The topological polar surface area (TPSA) is 95.7 Å². The molecule has 6 nitrogen and oxygen atoms in total. The molecule has 2 N–H and O–H groups in total. The molecule has 0 saturated carbocycles. The van der Waals surface area contributed by atoms with E-state index in [1.165, 1.54) is 48.5 Å². The van der Waals surface area contributed by atoms with Crippen molar-refractivity contribution in [3.05, 3.63) is 59.9 Å². The van der Waals surface area contributed by atoms with Gasteiger partial charge in [0.15, 0.2) is 0 Å². The minimum atomic E-state index is -3.74. The predicted molar refractivity (Wildman–Crippen MR) is 80.0 cm³/mol. The summed E-state index contributed by atoms with van der Waals surface area (Å²) in [5.74, 6) is -0.610. The number of carbonyl (C=O) groups excluding carboxylic acids is 1. The second kappa shape index (κ2) is 7.21. The van der Waals surface area contributed by atoms with Crippen molar-refractivity contribution in [2.45, 2.75) is 4.90 Å². The molecule has 122 valence electrons. The van der Waals surface area contributed by atoms with Crippen molar-refractivity contribution in [3.8, 4) is 5.75 Å². The van der Waals surface area contributed by atoms with Gasteiger partial charge < -0.3 is 9.47 Å². The maximum Gasteiger partial charge on any atom is 0.338 e. The molecule has 0 fully saturated rings. The SMILES string of the molecule is NS(=O)(=O)c1ccc(OCCOC(=O)c2ccc(F)cc2)cc1. The van der Waals surface area contributed by atoms with Crippen molar-refractivity contribution in [3.63, 3.8) is 0 Å². The molecule has 0 radical (unpaired) electrons. The molecule has 0 unspecified atom stereocenters. The number of rotatable bonds is 6. The van der Waals surface area contributed by atoms with Crippen molar-refractivity contribution in [1.29, 1.82) is 0 Å². The Labute approximate surface area is 132 Å². The molecule has 0 amide bonds. The van der Waals surface area contributed by atoms with Gasteiger partial charge in [-0.05, 0) is 48.5 Å². The summed E-state index contributed by atoms with van der Waals surface area (Å²) in [6.45, 7) is 0.0782. The van der Waals surface area contributed by atoms with Gasteiger partial charge in [0, 0.05) is 0 Å². The smallest absolute Gasteiger partial charge is 0.338 e. The Balaban J connectivity index is 1.79. The number of nitrogens with two attached hydrogens (primary N) is 1. The Morgan fingerprint density at radius 2 is 1.61 bits per heavy atom. The number of primary sulfonamides is 1. The molecule has 23 heavy (non-hydrogen) atoms. The Hall–Kier alpha value is -2.45. The van der Waals surface area contributed by atoms with Gasteiger partial charge in [0.2, 0.25) is 10.0 Å². The first-order chi connectivity index (χ1) is 10.9. The number of hydrogen-bond donors (Lipinski definition) is 1. The van der Waals surface area contributed by atoms with Crippen LogP contribution in [0.15, 0.2) is 53.4 Å². The number of halogens is 1. The molecule has 0 aliphatic carbocycles. The molecule has 2 aromatic carbocycles. The van der Waals surface area contributed by atoms with Crippen LogP contribution >= 0.6 is 0 Å². The molecule has 0 aromatic heterocycles. The Morgan fingerprint density at radius 3 is 2.17 bits per heavy atom. The first-order valence-electron chi connectivity index (χ1n) is 6.54. The van der Waals surface area contributed by atoms with E-state index in [9.17, 15) is 17.6 Å². The second-order valence-corrected chi connectivity index (χ2v) is 6.07. The second-order valence-electron chi connectivity index (χ2n) is 4.51. The molecule has 2 rings (SSSR count). The fourth-order valence-electron chi connectivity index (χ4n) is 1.69. The summed E-state index contributed by atoms with van der Waals surface area (Å²) < 4.78 is 45.2. The van der Waals surface area contributed by atoms with Crippen LogP contribution < -0.4 is 9.88 Å². The molecule has 8 heteroatoms. The number of sulfonamides is 1. The third-order valence-corrected chi connectivity index (χ3v) is 3.75. The maximum absolute atomic E-state index is 12.7. The third-order valence-electron chi connectivity index (χ3n) is 2.82. The summed E-state index contributed by atoms with van der Waals surface area (Å²) in [5.41, 5.74) is 0.240. The highest BCUT2D eigenvalue weighted by molar-refractivity contribution is 7.89. The Morgan fingerprint density at radius 1 is 1.00 bits per heavy atom. The van der Waals surface area contributed by atoms with E-state index in [1.54, 1.807) is 0 Å². The minimum absolute atomic E-state index is 0.00680. The normalized spacial score (nSPS) is 11.0. The molecule has 0 spiro atoms. The molecule has 0 aliphatic heterocycles. The van der Waals surface area contributed by atoms with Crippen molar-refractivity contribution in [1.82, 2.24) is 0 Å². The van der Waals surface area contributed by atoms with Crippen LogP contribution in [0.5, 0.6) is 5.75 Å². The van der Waals surface area contributed by atoms with E-state index in [4.69, 9.17) is 14.6 Å². The van der Waals surface area contributed by atoms with Gasteiger partial charge in [-0.15, -0.1) is 0 Å². The molecular weight excluding hydrogens is 325 g/mol. The fraction of sp³-hybridized carbons (Fsp3) is 0.133. The van der Waals surface area contributed by atoms with Crippen LogP contribution in [0, 0.1) is 5.82 Å². The lowest BCUT2D eigenvalue weighted by Crippen LogP contribution is -2.13. The maximum atomic E-state index is 12.7. The van der Waals surface area contributed by atoms with Crippen LogP contribution in [0.25, 0.3) is 0 Å². The van der Waals surface area contributed by atoms with Crippen molar-refractivity contribution < 1.29 is 27.1 Å². The summed E-state index contributed by atoms with van der Waals surface area (Å²) in [5, 5.41) is 4.98. The van der Waals surface area contributed by atoms with E-state index in [-0.39, 0.29) is 23.7 Å². The highest BCUT2D eigenvalue weighted by atomic mass is 32.2. The van der Waals surface area contributed by atoms with Crippen LogP contribution in [-0.4, -0.2) is 27.6 Å². The number of esters is 1. The average Bonchev–Trinajstić information content (AvgIpc) is 2.51. The zero-order chi connectivity index (χ0) is 16.9. The van der Waals surface area contributed by atoms with E-state index in [1.807, 2.05) is 0 Å². The van der Waals surface area contributed by atoms with E-state index in [0.717, 1.165) is 0 Å². The van der Waals surface area contributed by atoms with E-state index in [0.29, 0.717) is 5.75 Å². The number of carbonyl (C=O) groups is 1. The lowest BCUT2D eigenvalue weighted by molar-refractivity contribution is 0.0450. The summed E-state index contributed by atoms with van der Waals surface area (Å²) in [4.78, 5) is 11.6. The van der Waals surface area contributed by atoms with E-state index < -0.39 is 21.8 Å². The monoisotopic (exact) mass is 339 g/mol. The summed E-state index contributed by atoms with van der Waals surface area (Å²) >= 11 is 0. The summed E-state index contributed by atoms with van der Waals surface area (Å²) in [6.07, 6.45) is 0. The van der Waals surface area contributed by atoms with E-state index in [2.05, 4.69) is 0 Å². The number of hydrogen-bond acceptors (Lipinski definition) is 5. The molecule has 0 saturated heterocycles. The van der Waals surface area contributed by atoms with Gasteiger partial charge in [-0.25, -0.2) is 22.7 Å². The Bertz CT molecular complexity index is 773. The van der Waals surface area contributed by atoms with Crippen molar-refractivity contribution in [2.24, 2.45) is 5.14 Å². The lowest BCUT2D eigenvalue weighted by atomic mass is 10.2. The Kier molecular flexibility index (Phi) is 5.30. The van der Waals surface area contributed by atoms with Crippen molar-refractivity contribution >= 4 is 16.0 Å². The van der Waals surface area contributed by atoms with Crippen LogP contribution in [0.2, 0.25) is 0 Å². The van der Waals surface area contributed by atoms with Crippen LogP contribution in [0.3, 0.4) is 0 Å². The molecule has 0 aliphatic rings. The van der Waals surface area contributed by atoms with Crippen LogP contribution in [-0.2, 0) is 14.8 Å². The molecular formula is C15H14FNO5S. The highest BCUT2D eigenvalue weighted by Crippen LogP contribution is 2.14. The van der Waals surface area contributed by atoms with Crippen LogP contribution in [0.4, 0.5) is 4.39 Å². The van der Waals surface area contributed by atoms with Gasteiger partial charge in [0.1, 0.15) is 24.8 Å². The zero-order valence-electron chi connectivity index (χ0n) is 11.9. The lowest BCUT2D eigenvalue weighted by Gasteiger charge is -2.08. The third kappa shape index (κ3) is 5.04. The fourth-order valence-corrected chi connectivity index (χ4v) is 2.20. The summed E-state index contributed by atoms with van der Waals surface area (Å²) in [6, 6.07) is 10.5. The van der Waals surface area contributed by atoms with Crippen LogP contribution in [0.1, 0.15) is 10.4 Å². The standard InChI is InChI=1S/C15H14FNO5S/c16-12-3-1-11(2-4-12)15(18)22-10-9-21-13-5-7-14(8-6-13)23(17,19)20/h1-8H,9-10H2,(H2,17,19,20). The zero-order valence-corrected chi connectivity index (χ0v) is 12.8. The van der Waals surface area contributed by atoms with Gasteiger partial charge in [-0.1, -0.05) is 0 Å².